The molecular formula is C42H54NO7PSi. The third kappa shape index (κ3) is 8.12. The molecule has 0 spiro atoms. The molecule has 1 heterocycles. The number of carbonyl (C=O) groups excluding carboxylic acids is 4. The van der Waals surface area contributed by atoms with Crippen LogP contribution in [-0.2, 0) is 28.3 Å². The lowest BCUT2D eigenvalue weighted by atomic mass is 9.54. The van der Waals surface area contributed by atoms with E-state index in [1.54, 1.807) is 27.7 Å². The van der Waals surface area contributed by atoms with Gasteiger partial charge in [-0.1, -0.05) is 130 Å². The molecule has 1 aliphatic rings. The monoisotopic (exact) mass is 743 g/mol. The van der Waals surface area contributed by atoms with Gasteiger partial charge >= 0.3 is 18.0 Å². The maximum Gasteiger partial charge on any atom is 0.417 e. The molecule has 3 aromatic rings. The first-order valence-electron chi connectivity index (χ1n) is 17.8. The van der Waals surface area contributed by atoms with Crippen molar-refractivity contribution in [1.82, 2.24) is 4.90 Å². The summed E-state index contributed by atoms with van der Waals surface area (Å²) in [6, 6.07) is 29.2. The SMILES string of the molecule is C=CCOC(=O)N1C(=O)[C@](C=P(c2ccccc2)(c2ccccc2)c2ccccc2)([C@H](CO[SiH](C)C)C(C)(C)C)[C@H]1[C@@H](C)C(=O)OC(=O)C(C)(C)C. The lowest BCUT2D eigenvalue weighted by molar-refractivity contribution is -0.183. The molecule has 0 bridgehead atoms. The summed E-state index contributed by atoms with van der Waals surface area (Å²) < 4.78 is 17.5. The molecule has 2 amide bonds. The second-order valence-electron chi connectivity index (χ2n) is 15.8. The van der Waals surface area contributed by atoms with E-state index in [1.807, 2.05) is 54.6 Å². The van der Waals surface area contributed by atoms with Crippen LogP contribution in [0.3, 0.4) is 0 Å². The highest BCUT2D eigenvalue weighted by molar-refractivity contribution is 7.94. The van der Waals surface area contributed by atoms with E-state index in [0.717, 1.165) is 20.8 Å². The smallest absolute Gasteiger partial charge is 0.417 e. The first-order valence-corrected chi connectivity index (χ1v) is 22.5. The summed E-state index contributed by atoms with van der Waals surface area (Å²) in [4.78, 5) is 57.6. The van der Waals surface area contributed by atoms with E-state index in [0.29, 0.717) is 0 Å². The zero-order valence-corrected chi connectivity index (χ0v) is 34.0. The predicted molar refractivity (Wildman–Crippen MR) is 213 cm³/mol. The second-order valence-corrected chi connectivity index (χ2v) is 21.5. The van der Waals surface area contributed by atoms with Gasteiger partial charge in [0, 0.05) is 12.5 Å². The molecule has 0 N–H and O–H groups in total. The van der Waals surface area contributed by atoms with Crippen molar-refractivity contribution < 1.29 is 33.1 Å². The number of nitrogens with zero attached hydrogens (tertiary/aromatic N) is 1. The standard InChI is InChI=1S/C42H54NO7PSi/c1-11-27-48-39(47)43-35(30(2)36(44)50-38(46)41(6,7)8)42(37(43)45,34(40(3,4)5)28-49-52(9)10)29-51(31-21-15-12-16-22-31,32-23-17-13-18-24-32)33-25-19-14-20-26-33/h11-26,29-30,34-35,52H,1,27-28H2,2-10H3/t30-,34-,35-,42-/m1/s1. The number of hydrogen-bond acceptors (Lipinski definition) is 7. The summed E-state index contributed by atoms with van der Waals surface area (Å²) in [6.45, 7) is 17.8. The van der Waals surface area contributed by atoms with Gasteiger partial charge in [-0.3, -0.25) is 14.4 Å². The van der Waals surface area contributed by atoms with Crippen LogP contribution in [0, 0.1) is 28.1 Å². The summed E-state index contributed by atoms with van der Waals surface area (Å²) in [7, 11) is -1.63. The molecule has 0 radical (unpaired) electrons. The van der Waals surface area contributed by atoms with Crippen molar-refractivity contribution in [3.05, 3.63) is 104 Å². The number of carbonyl (C=O) groups is 4. The highest BCUT2D eigenvalue weighted by atomic mass is 31.2. The van der Waals surface area contributed by atoms with Crippen molar-refractivity contribution in [2.24, 2.45) is 28.1 Å². The highest BCUT2D eigenvalue weighted by Gasteiger charge is 2.70. The number of imide groups is 1. The van der Waals surface area contributed by atoms with Gasteiger partial charge in [-0.05, 0) is 69.0 Å². The molecule has 278 valence electrons. The zero-order valence-electron chi connectivity index (χ0n) is 32.0. The number of amides is 2. The molecule has 1 fully saturated rings. The van der Waals surface area contributed by atoms with Gasteiger partial charge in [0.05, 0.1) is 22.8 Å². The Bertz CT molecular complexity index is 1690. The largest absolute Gasteiger partial charge is 0.445 e. The maximum atomic E-state index is 15.4. The Labute approximate surface area is 311 Å². The van der Waals surface area contributed by atoms with Crippen molar-refractivity contribution in [3.63, 3.8) is 0 Å². The van der Waals surface area contributed by atoms with Crippen LogP contribution >= 0.6 is 6.89 Å². The van der Waals surface area contributed by atoms with Gasteiger partial charge in [0.25, 0.3) is 0 Å². The molecule has 52 heavy (non-hydrogen) atoms. The van der Waals surface area contributed by atoms with Gasteiger partial charge in [-0.15, -0.1) is 0 Å². The van der Waals surface area contributed by atoms with E-state index >= 15 is 4.79 Å². The normalized spacial score (nSPS) is 18.9. The lowest BCUT2D eigenvalue weighted by Gasteiger charge is -2.61. The Balaban J connectivity index is 2.22. The van der Waals surface area contributed by atoms with E-state index in [9.17, 15) is 14.4 Å². The molecular weight excluding hydrogens is 690 g/mol. The zero-order chi connectivity index (χ0) is 38.5. The summed E-state index contributed by atoms with van der Waals surface area (Å²) in [5.74, 6) is -1.50. The fourth-order valence-corrected chi connectivity index (χ4v) is 12.0. The van der Waals surface area contributed by atoms with E-state index in [-0.39, 0.29) is 13.2 Å². The number of ether oxygens (including phenoxy) is 2. The number of hydrogen-bond donors (Lipinski definition) is 0. The Morgan fingerprint density at radius 1 is 0.865 bits per heavy atom. The Morgan fingerprint density at radius 2 is 1.33 bits per heavy atom. The van der Waals surface area contributed by atoms with Gasteiger partial charge < -0.3 is 13.9 Å². The van der Waals surface area contributed by atoms with Crippen LogP contribution in [0.1, 0.15) is 48.5 Å². The predicted octanol–water partition coefficient (Wildman–Crippen LogP) is 6.72. The van der Waals surface area contributed by atoms with E-state index in [4.69, 9.17) is 13.9 Å². The van der Waals surface area contributed by atoms with Crippen molar-refractivity contribution in [1.29, 1.82) is 0 Å². The number of esters is 2. The van der Waals surface area contributed by atoms with Crippen LogP contribution in [-0.4, -0.2) is 62.9 Å². The summed E-state index contributed by atoms with van der Waals surface area (Å²) in [6.07, 6.45) is 0.530. The van der Waals surface area contributed by atoms with Crippen molar-refractivity contribution >= 4 is 61.6 Å². The summed E-state index contributed by atoms with van der Waals surface area (Å²) in [5, 5.41) is 2.99. The average molecular weight is 744 g/mol. The van der Waals surface area contributed by atoms with Gasteiger partial charge in [0.1, 0.15) is 6.61 Å². The van der Waals surface area contributed by atoms with Crippen molar-refractivity contribution in [2.75, 3.05) is 13.2 Å². The van der Waals surface area contributed by atoms with Gasteiger partial charge in [-0.25, -0.2) is 9.69 Å². The Kier molecular flexibility index (Phi) is 12.8. The van der Waals surface area contributed by atoms with Crippen LogP contribution < -0.4 is 15.9 Å². The van der Waals surface area contributed by atoms with Crippen LogP contribution in [0.4, 0.5) is 4.79 Å². The molecule has 4 atom stereocenters. The maximum absolute atomic E-state index is 15.4. The first kappa shape index (κ1) is 40.7. The minimum atomic E-state index is -2.89. The first-order chi connectivity index (χ1) is 24.4. The van der Waals surface area contributed by atoms with Crippen LogP contribution in [0.5, 0.6) is 0 Å². The lowest BCUT2D eigenvalue weighted by Crippen LogP contribution is -2.78. The molecule has 0 saturated carbocycles. The molecule has 10 heteroatoms. The molecule has 3 aromatic carbocycles. The minimum absolute atomic E-state index is 0.132. The van der Waals surface area contributed by atoms with E-state index < -0.39 is 74.0 Å². The summed E-state index contributed by atoms with van der Waals surface area (Å²) in [5.41, 5.74) is -3.02. The average Bonchev–Trinajstić information content (AvgIpc) is 3.10. The van der Waals surface area contributed by atoms with Gasteiger partial charge in [-0.2, -0.15) is 0 Å². The third-order valence-corrected chi connectivity index (χ3v) is 14.7. The van der Waals surface area contributed by atoms with Crippen molar-refractivity contribution in [2.45, 2.75) is 67.6 Å². The van der Waals surface area contributed by atoms with E-state index in [2.05, 4.69) is 82.6 Å². The number of benzene rings is 3. The minimum Gasteiger partial charge on any atom is -0.445 e. The Hall–Kier alpha value is -4.04. The van der Waals surface area contributed by atoms with Gasteiger partial charge in [0.15, 0.2) is 9.04 Å². The number of rotatable bonds is 12. The van der Waals surface area contributed by atoms with Crippen LogP contribution in [0.2, 0.25) is 13.1 Å². The number of likely N-dealkylation sites (tertiary alicyclic amines) is 1. The second kappa shape index (κ2) is 16.3. The Morgan fingerprint density at radius 3 is 1.71 bits per heavy atom. The van der Waals surface area contributed by atoms with Gasteiger partial charge in [0.2, 0.25) is 5.91 Å². The highest BCUT2D eigenvalue weighted by Crippen LogP contribution is 2.58. The number of β-lactam (4-membered cyclic amide) rings is 1. The fraction of sp³-hybridized carbons (Fsp3) is 0.405. The topological polar surface area (TPSA) is 99.2 Å². The molecule has 0 aromatic heterocycles. The van der Waals surface area contributed by atoms with Crippen molar-refractivity contribution in [3.8, 4) is 0 Å². The molecule has 8 nitrogen and oxygen atoms in total. The quantitative estimate of drug-likeness (QED) is 0.0508. The van der Waals surface area contributed by atoms with Crippen LogP contribution in [0.15, 0.2) is 104 Å². The molecule has 1 saturated heterocycles. The van der Waals surface area contributed by atoms with E-state index in [1.165, 1.54) is 6.08 Å². The molecule has 4 rings (SSSR count). The molecule has 1 aliphatic heterocycles. The van der Waals surface area contributed by atoms with Crippen LogP contribution in [0.25, 0.3) is 0 Å². The summed E-state index contributed by atoms with van der Waals surface area (Å²) >= 11 is 0. The third-order valence-electron chi connectivity index (χ3n) is 9.65. The molecule has 0 aliphatic carbocycles. The fourth-order valence-electron chi connectivity index (χ4n) is 7.06. The molecule has 0 unspecified atom stereocenters.